The van der Waals surface area contributed by atoms with Crippen molar-refractivity contribution in [3.8, 4) is 5.75 Å². The number of ether oxygens (including phenoxy) is 2. The lowest BCUT2D eigenvalue weighted by Crippen LogP contribution is -2.48. The molecule has 1 saturated heterocycles. The molecule has 0 saturated carbocycles. The number of nitrogens with one attached hydrogen (secondary N) is 1. The molecule has 1 aliphatic rings. The number of hydrogen-bond donors (Lipinski definition) is 1. The van der Waals surface area contributed by atoms with Gasteiger partial charge in [0.2, 0.25) is 5.91 Å². The number of anilines is 2. The van der Waals surface area contributed by atoms with E-state index in [4.69, 9.17) is 9.47 Å². The Labute approximate surface area is 202 Å². The zero-order valence-electron chi connectivity index (χ0n) is 19.2. The van der Waals surface area contributed by atoms with Crippen LogP contribution < -0.4 is 15.0 Å². The predicted molar refractivity (Wildman–Crippen MR) is 130 cm³/mol. The number of nitrogens with zero attached hydrogens (tertiary/aromatic N) is 2. The summed E-state index contributed by atoms with van der Waals surface area (Å²) >= 11 is 3.44. The monoisotopic (exact) mass is 517 g/mol. The van der Waals surface area contributed by atoms with Gasteiger partial charge in [-0.3, -0.25) is 9.59 Å². The normalized spacial score (nSPS) is 13.5. The zero-order valence-corrected chi connectivity index (χ0v) is 20.8. The molecule has 1 heterocycles. The molecule has 0 aliphatic carbocycles. The van der Waals surface area contributed by atoms with Crippen molar-refractivity contribution < 1.29 is 23.9 Å². The van der Waals surface area contributed by atoms with E-state index >= 15 is 0 Å². The smallest absolute Gasteiger partial charge is 0.338 e. The third-order valence-corrected chi connectivity index (χ3v) is 5.97. The number of methoxy groups -OCH3 is 1. The van der Waals surface area contributed by atoms with Crippen molar-refractivity contribution in [1.29, 1.82) is 0 Å². The molecule has 0 radical (unpaired) electrons. The van der Waals surface area contributed by atoms with Crippen LogP contribution in [0.5, 0.6) is 5.75 Å². The van der Waals surface area contributed by atoms with Crippen molar-refractivity contribution in [3.05, 3.63) is 51.5 Å². The van der Waals surface area contributed by atoms with E-state index in [-0.39, 0.29) is 18.4 Å². The second-order valence-corrected chi connectivity index (χ2v) is 8.62. The number of halogens is 1. The second kappa shape index (κ2) is 10.7. The minimum atomic E-state index is -0.461. The van der Waals surface area contributed by atoms with Gasteiger partial charge >= 0.3 is 5.97 Å². The lowest BCUT2D eigenvalue weighted by atomic mass is 10.1. The number of benzene rings is 2. The Bertz CT molecular complexity index is 1060. The van der Waals surface area contributed by atoms with Gasteiger partial charge in [-0.05, 0) is 49.7 Å². The fraction of sp³-hybridized carbons (Fsp3) is 0.375. The van der Waals surface area contributed by atoms with Crippen molar-refractivity contribution in [3.63, 3.8) is 0 Å². The van der Waals surface area contributed by atoms with Gasteiger partial charge in [-0.1, -0.05) is 15.9 Å². The second-order valence-electron chi connectivity index (χ2n) is 7.70. The van der Waals surface area contributed by atoms with Crippen LogP contribution in [0.15, 0.2) is 34.8 Å². The van der Waals surface area contributed by atoms with Gasteiger partial charge in [0.25, 0.3) is 5.91 Å². The van der Waals surface area contributed by atoms with Crippen molar-refractivity contribution in [2.24, 2.45) is 0 Å². The van der Waals surface area contributed by atoms with Crippen LogP contribution in [0.2, 0.25) is 0 Å². The molecule has 33 heavy (non-hydrogen) atoms. The van der Waals surface area contributed by atoms with Gasteiger partial charge in [0.05, 0.1) is 36.2 Å². The fourth-order valence-electron chi connectivity index (χ4n) is 3.87. The van der Waals surface area contributed by atoms with E-state index in [9.17, 15) is 14.4 Å². The van der Waals surface area contributed by atoms with Gasteiger partial charge in [0, 0.05) is 37.6 Å². The third kappa shape index (κ3) is 5.65. The van der Waals surface area contributed by atoms with E-state index < -0.39 is 5.97 Å². The summed E-state index contributed by atoms with van der Waals surface area (Å²) in [6.45, 7) is 7.81. The Kier molecular flexibility index (Phi) is 7.97. The highest BCUT2D eigenvalue weighted by molar-refractivity contribution is 9.10. The lowest BCUT2D eigenvalue weighted by molar-refractivity contribution is -0.129. The number of hydrogen-bond acceptors (Lipinski definition) is 6. The number of esters is 1. The average Bonchev–Trinajstić information content (AvgIpc) is 2.78. The number of amides is 2. The Morgan fingerprint density at radius 3 is 2.39 bits per heavy atom. The molecule has 8 nitrogen and oxygen atoms in total. The molecular weight excluding hydrogens is 490 g/mol. The van der Waals surface area contributed by atoms with Crippen molar-refractivity contribution in [2.75, 3.05) is 50.1 Å². The fourth-order valence-corrected chi connectivity index (χ4v) is 4.45. The zero-order chi connectivity index (χ0) is 24.1. The minimum absolute atomic E-state index is 0.0398. The van der Waals surface area contributed by atoms with Crippen LogP contribution in [0.3, 0.4) is 0 Å². The molecule has 1 aliphatic heterocycles. The van der Waals surface area contributed by atoms with Crippen LogP contribution in [0, 0.1) is 6.92 Å². The molecule has 2 amide bonds. The number of rotatable bonds is 6. The van der Waals surface area contributed by atoms with Gasteiger partial charge in [0.1, 0.15) is 5.75 Å². The van der Waals surface area contributed by atoms with Crippen LogP contribution in [0.25, 0.3) is 0 Å². The largest absolute Gasteiger partial charge is 0.496 e. The number of aryl methyl sites for hydroxylation is 1. The Morgan fingerprint density at radius 2 is 1.79 bits per heavy atom. The standard InChI is InChI=1S/C24H28BrN3O5/c1-5-33-24(31)17-6-7-21(28-10-8-27(9-11-28)16(3)29)20(13-17)26-23(30)19-14-18(25)12-15(2)22(19)32-4/h6-7,12-14H,5,8-11H2,1-4H3,(H,26,30). The predicted octanol–water partition coefficient (Wildman–Crippen LogP) is 3.86. The number of carbonyl (C=O) groups excluding carboxylic acids is 3. The quantitative estimate of drug-likeness (QED) is 0.585. The molecule has 0 atom stereocenters. The summed E-state index contributed by atoms with van der Waals surface area (Å²) in [7, 11) is 1.52. The molecule has 176 valence electrons. The van der Waals surface area contributed by atoms with Gasteiger partial charge in [-0.25, -0.2) is 4.79 Å². The van der Waals surface area contributed by atoms with Crippen molar-refractivity contribution in [2.45, 2.75) is 20.8 Å². The van der Waals surface area contributed by atoms with Gasteiger partial charge in [-0.15, -0.1) is 0 Å². The Hall–Kier alpha value is -3.07. The molecule has 2 aromatic carbocycles. The summed E-state index contributed by atoms with van der Waals surface area (Å²) in [6, 6.07) is 8.68. The molecule has 9 heteroatoms. The van der Waals surface area contributed by atoms with Gasteiger partial charge in [-0.2, -0.15) is 0 Å². The first kappa shape index (κ1) is 24.6. The summed E-state index contributed by atoms with van der Waals surface area (Å²) in [6.07, 6.45) is 0. The number of piperazine rings is 1. The molecule has 2 aromatic rings. The first-order valence-electron chi connectivity index (χ1n) is 10.7. The highest BCUT2D eigenvalue weighted by Crippen LogP contribution is 2.32. The highest BCUT2D eigenvalue weighted by atomic mass is 79.9. The summed E-state index contributed by atoms with van der Waals surface area (Å²) in [5.41, 5.74) is 2.79. The number of carbonyl (C=O) groups is 3. The van der Waals surface area contributed by atoms with E-state index in [0.29, 0.717) is 48.7 Å². The average molecular weight is 518 g/mol. The van der Waals surface area contributed by atoms with Crippen LogP contribution in [-0.4, -0.2) is 62.6 Å². The lowest BCUT2D eigenvalue weighted by Gasteiger charge is -2.36. The summed E-state index contributed by atoms with van der Waals surface area (Å²) in [5, 5.41) is 2.95. The maximum absolute atomic E-state index is 13.3. The molecule has 0 unspecified atom stereocenters. The third-order valence-electron chi connectivity index (χ3n) is 5.51. The maximum atomic E-state index is 13.3. The highest BCUT2D eigenvalue weighted by Gasteiger charge is 2.24. The van der Waals surface area contributed by atoms with E-state index in [0.717, 1.165) is 15.7 Å². The van der Waals surface area contributed by atoms with Crippen LogP contribution in [0.4, 0.5) is 11.4 Å². The van der Waals surface area contributed by atoms with Crippen molar-refractivity contribution >= 4 is 45.1 Å². The minimum Gasteiger partial charge on any atom is -0.496 e. The van der Waals surface area contributed by atoms with Crippen LogP contribution >= 0.6 is 15.9 Å². The van der Waals surface area contributed by atoms with Gasteiger partial charge < -0.3 is 24.6 Å². The summed E-state index contributed by atoms with van der Waals surface area (Å²) in [4.78, 5) is 41.2. The first-order valence-corrected chi connectivity index (χ1v) is 11.5. The topological polar surface area (TPSA) is 88.2 Å². The van der Waals surface area contributed by atoms with Crippen LogP contribution in [0.1, 0.15) is 40.1 Å². The van der Waals surface area contributed by atoms with Crippen LogP contribution in [-0.2, 0) is 9.53 Å². The maximum Gasteiger partial charge on any atom is 0.338 e. The molecule has 1 N–H and O–H groups in total. The molecule has 0 spiro atoms. The molecular formula is C24H28BrN3O5. The Morgan fingerprint density at radius 1 is 1.09 bits per heavy atom. The Balaban J connectivity index is 1.96. The molecule has 3 rings (SSSR count). The molecule has 0 aromatic heterocycles. The first-order chi connectivity index (χ1) is 15.7. The summed E-state index contributed by atoms with van der Waals surface area (Å²) in [5.74, 6) is -0.301. The van der Waals surface area contributed by atoms with E-state index in [2.05, 4.69) is 26.1 Å². The summed E-state index contributed by atoms with van der Waals surface area (Å²) < 4.78 is 11.3. The van der Waals surface area contributed by atoms with E-state index in [1.54, 1.807) is 43.0 Å². The molecule has 0 bridgehead atoms. The van der Waals surface area contributed by atoms with Gasteiger partial charge in [0.15, 0.2) is 0 Å². The van der Waals surface area contributed by atoms with E-state index in [1.807, 2.05) is 13.0 Å². The SMILES string of the molecule is CCOC(=O)c1ccc(N2CCN(C(C)=O)CC2)c(NC(=O)c2cc(Br)cc(C)c2OC)c1. The van der Waals surface area contributed by atoms with Crippen molar-refractivity contribution in [1.82, 2.24) is 4.90 Å². The molecule has 1 fully saturated rings. The van der Waals surface area contributed by atoms with E-state index in [1.165, 1.54) is 7.11 Å².